The fourth-order valence-corrected chi connectivity index (χ4v) is 3.10. The molecule has 0 spiro atoms. The van der Waals surface area contributed by atoms with Crippen molar-refractivity contribution in [2.75, 3.05) is 26.0 Å². The van der Waals surface area contributed by atoms with Crippen molar-refractivity contribution in [3.8, 4) is 0 Å². The number of fused-ring (bicyclic) bond motifs is 1. The monoisotopic (exact) mass is 354 g/mol. The summed E-state index contributed by atoms with van der Waals surface area (Å²) in [4.78, 5) is 24.4. The summed E-state index contributed by atoms with van der Waals surface area (Å²) < 4.78 is 0. The molecule has 1 amide bonds. The molecule has 1 aliphatic rings. The van der Waals surface area contributed by atoms with Crippen LogP contribution in [0.3, 0.4) is 0 Å². The molecule has 1 aliphatic carbocycles. The van der Waals surface area contributed by atoms with E-state index in [1.54, 1.807) is 36.5 Å². The fourth-order valence-electron chi connectivity index (χ4n) is 3.10. The molecule has 0 radical (unpaired) electrons. The molecule has 3 rings (SSSR count). The molecule has 2 aromatic heterocycles. The molecule has 0 bridgehead atoms. The summed E-state index contributed by atoms with van der Waals surface area (Å²) in [6.07, 6.45) is 12.5. The zero-order valence-corrected chi connectivity index (χ0v) is 15.7. The maximum absolute atomic E-state index is 12.4. The van der Waals surface area contributed by atoms with Gasteiger partial charge in [0.1, 0.15) is 0 Å². The van der Waals surface area contributed by atoms with Gasteiger partial charge in [-0.15, -0.1) is 0 Å². The molecule has 2 aromatic rings. The van der Waals surface area contributed by atoms with Crippen molar-refractivity contribution in [2.24, 2.45) is 0 Å². The number of hydrogen-bond donors (Lipinski definition) is 1. The van der Waals surface area contributed by atoms with Crippen molar-refractivity contribution in [1.29, 1.82) is 0 Å². The van der Waals surface area contributed by atoms with Gasteiger partial charge >= 0.3 is 0 Å². The summed E-state index contributed by atoms with van der Waals surface area (Å²) >= 11 is 0. The number of aromatic amines is 1. The second-order valence-corrected chi connectivity index (χ2v) is 6.93. The van der Waals surface area contributed by atoms with E-state index in [9.17, 15) is 4.79 Å². The highest BCUT2D eigenvalue weighted by atomic mass is 16.2. The first-order valence-electron chi connectivity index (χ1n) is 9.02. The first-order valence-corrected chi connectivity index (χ1v) is 9.02. The number of aryl methyl sites for hydroxylation is 1. The number of carbonyl (C=O) groups excluding carboxylic acids is 1. The average molecular weight is 354 g/mol. The molecule has 0 saturated heterocycles. The van der Waals surface area contributed by atoms with E-state index < -0.39 is 0 Å². The van der Waals surface area contributed by atoms with Crippen molar-refractivity contribution >= 4 is 17.9 Å². The number of carbonyl (C=O) groups is 1. The van der Waals surface area contributed by atoms with Gasteiger partial charge in [-0.25, -0.2) is 9.97 Å². The van der Waals surface area contributed by atoms with E-state index in [-0.39, 0.29) is 5.91 Å². The van der Waals surface area contributed by atoms with Gasteiger partial charge in [0.15, 0.2) is 0 Å². The number of aromatic nitrogens is 4. The van der Waals surface area contributed by atoms with Gasteiger partial charge in [-0.3, -0.25) is 9.89 Å². The molecule has 26 heavy (non-hydrogen) atoms. The molecule has 138 valence electrons. The van der Waals surface area contributed by atoms with E-state index in [1.807, 2.05) is 19.0 Å². The molecule has 0 atom stereocenters. The van der Waals surface area contributed by atoms with Crippen LogP contribution in [-0.2, 0) is 24.2 Å². The van der Waals surface area contributed by atoms with Crippen LogP contribution in [0.25, 0.3) is 6.08 Å². The molecule has 0 saturated carbocycles. The van der Waals surface area contributed by atoms with Gasteiger partial charge in [-0.05, 0) is 37.3 Å². The number of amides is 1. The maximum Gasteiger partial charge on any atom is 0.246 e. The predicted octanol–water partition coefficient (Wildman–Crippen LogP) is 2.21. The normalized spacial score (nSPS) is 14.1. The lowest BCUT2D eigenvalue weighted by molar-refractivity contribution is -0.125. The fraction of sp³-hybridized carbons (Fsp3) is 0.474. The van der Waals surface area contributed by atoms with Crippen molar-refractivity contribution in [1.82, 2.24) is 25.1 Å². The van der Waals surface area contributed by atoms with E-state index in [1.165, 1.54) is 30.5 Å². The third kappa shape index (κ3) is 4.28. The Bertz CT molecular complexity index is 778. The Kier molecular flexibility index (Phi) is 5.65. The standard InChI is InChI=1S/C19H26N6O/c1-24(2)19-20-11-14(12-21-19)9-10-18(26)25(3)13-17-15-7-5-4-6-8-16(15)22-23-17/h9-12H,4-8,13H2,1-3H3,(H,22,23)/b10-9+. The lowest BCUT2D eigenvalue weighted by Gasteiger charge is -2.14. The Hall–Kier alpha value is -2.70. The Balaban J connectivity index is 1.62. The van der Waals surface area contributed by atoms with Gasteiger partial charge in [-0.2, -0.15) is 5.10 Å². The third-order valence-electron chi connectivity index (χ3n) is 4.63. The van der Waals surface area contributed by atoms with Crippen LogP contribution in [0.2, 0.25) is 0 Å². The minimum Gasteiger partial charge on any atom is -0.347 e. The predicted molar refractivity (Wildman–Crippen MR) is 102 cm³/mol. The lowest BCUT2D eigenvalue weighted by Crippen LogP contribution is -2.24. The number of H-pyrrole nitrogens is 1. The minimum absolute atomic E-state index is 0.0629. The van der Waals surface area contributed by atoms with Gasteiger partial charge in [0.25, 0.3) is 0 Å². The van der Waals surface area contributed by atoms with E-state index in [4.69, 9.17) is 0 Å². The van der Waals surface area contributed by atoms with Gasteiger partial charge in [-0.1, -0.05) is 6.42 Å². The van der Waals surface area contributed by atoms with Gasteiger partial charge < -0.3 is 9.80 Å². The van der Waals surface area contributed by atoms with Gasteiger partial charge in [0.05, 0.1) is 12.2 Å². The van der Waals surface area contributed by atoms with Gasteiger partial charge in [0, 0.05) is 50.9 Å². The zero-order valence-electron chi connectivity index (χ0n) is 15.7. The number of nitrogens with one attached hydrogen (secondary N) is 1. The highest BCUT2D eigenvalue weighted by Gasteiger charge is 2.17. The number of rotatable bonds is 5. The second kappa shape index (κ2) is 8.12. The molecular weight excluding hydrogens is 328 g/mol. The first-order chi connectivity index (χ1) is 12.5. The van der Waals surface area contributed by atoms with Crippen LogP contribution in [0.5, 0.6) is 0 Å². The summed E-state index contributed by atoms with van der Waals surface area (Å²) in [6, 6.07) is 0. The minimum atomic E-state index is -0.0629. The second-order valence-electron chi connectivity index (χ2n) is 6.93. The van der Waals surface area contributed by atoms with Crippen LogP contribution in [0.15, 0.2) is 18.5 Å². The highest BCUT2D eigenvalue weighted by molar-refractivity contribution is 5.91. The molecule has 2 heterocycles. The number of likely N-dealkylation sites (N-methyl/N-ethyl adjacent to an activating group) is 1. The van der Waals surface area contributed by atoms with Crippen LogP contribution >= 0.6 is 0 Å². The SMILES string of the molecule is CN(Cc1n[nH]c2c1CCCCC2)C(=O)/C=C/c1cnc(N(C)C)nc1. The molecule has 0 aliphatic heterocycles. The maximum atomic E-state index is 12.4. The third-order valence-corrected chi connectivity index (χ3v) is 4.63. The smallest absolute Gasteiger partial charge is 0.246 e. The zero-order chi connectivity index (χ0) is 18.5. The van der Waals surface area contributed by atoms with Crippen LogP contribution in [0.4, 0.5) is 5.95 Å². The Labute approximate surface area is 154 Å². The van der Waals surface area contributed by atoms with Crippen LogP contribution in [0, 0.1) is 0 Å². The lowest BCUT2D eigenvalue weighted by atomic mass is 10.1. The summed E-state index contributed by atoms with van der Waals surface area (Å²) in [5, 5.41) is 7.59. The first kappa shape index (κ1) is 18.1. The van der Waals surface area contributed by atoms with E-state index in [2.05, 4.69) is 20.2 Å². The van der Waals surface area contributed by atoms with E-state index in [0.717, 1.165) is 24.1 Å². The molecule has 0 fully saturated rings. The highest BCUT2D eigenvalue weighted by Crippen LogP contribution is 2.22. The quantitative estimate of drug-likeness (QED) is 0.658. The Morgan fingerprint density at radius 2 is 1.88 bits per heavy atom. The van der Waals surface area contributed by atoms with Crippen molar-refractivity contribution in [2.45, 2.75) is 38.6 Å². The van der Waals surface area contributed by atoms with Crippen molar-refractivity contribution < 1.29 is 4.79 Å². The Morgan fingerprint density at radius 3 is 2.62 bits per heavy atom. The number of hydrogen-bond acceptors (Lipinski definition) is 5. The molecular formula is C19H26N6O. The Morgan fingerprint density at radius 1 is 1.15 bits per heavy atom. The molecule has 7 heteroatoms. The van der Waals surface area contributed by atoms with E-state index in [0.29, 0.717) is 12.5 Å². The summed E-state index contributed by atoms with van der Waals surface area (Å²) in [5.41, 5.74) is 4.33. The van der Waals surface area contributed by atoms with Crippen LogP contribution in [0.1, 0.15) is 41.8 Å². The van der Waals surface area contributed by atoms with Gasteiger partial charge in [0.2, 0.25) is 11.9 Å². The summed E-state index contributed by atoms with van der Waals surface area (Å²) in [5.74, 6) is 0.580. The molecule has 1 N–H and O–H groups in total. The molecule has 0 aromatic carbocycles. The van der Waals surface area contributed by atoms with Crippen molar-refractivity contribution in [3.05, 3.63) is 41.0 Å². The average Bonchev–Trinajstić information content (AvgIpc) is 2.86. The van der Waals surface area contributed by atoms with Crippen molar-refractivity contribution in [3.63, 3.8) is 0 Å². The van der Waals surface area contributed by atoms with E-state index >= 15 is 0 Å². The summed E-state index contributed by atoms with van der Waals surface area (Å²) in [7, 11) is 5.58. The largest absolute Gasteiger partial charge is 0.347 e. The topological polar surface area (TPSA) is 78.0 Å². The number of nitrogens with zero attached hydrogens (tertiary/aromatic N) is 5. The number of anilines is 1. The van der Waals surface area contributed by atoms with Crippen LogP contribution < -0.4 is 4.90 Å². The summed E-state index contributed by atoms with van der Waals surface area (Å²) in [6.45, 7) is 0.519. The van der Waals surface area contributed by atoms with Crippen LogP contribution in [-0.4, -0.2) is 52.1 Å². The molecule has 7 nitrogen and oxygen atoms in total. The molecule has 0 unspecified atom stereocenters.